The molecule has 5 heteroatoms. The number of rotatable bonds is 3. The van der Waals surface area contributed by atoms with Gasteiger partial charge < -0.3 is 9.72 Å². The lowest BCUT2D eigenvalue weighted by Crippen LogP contribution is -2.36. The molecule has 2 aliphatic rings. The average molecular weight is 325 g/mol. The van der Waals surface area contributed by atoms with Crippen molar-refractivity contribution in [2.45, 2.75) is 51.2 Å². The lowest BCUT2D eigenvalue weighted by atomic mass is 9.98. The van der Waals surface area contributed by atoms with Crippen molar-refractivity contribution in [3.8, 4) is 5.75 Å². The monoisotopic (exact) mass is 325 g/mol. The Morgan fingerprint density at radius 2 is 1.92 bits per heavy atom. The lowest BCUT2D eigenvalue weighted by molar-refractivity contribution is 0.187. The standard InChI is InChI=1S/C19H23N3O2/c1-12-20-18-10-15-6-5-14(9-17(18)19(23)21-12)22(15)11-13-3-7-16(24-2)8-4-13/h3-4,7-8,14-15H,5-6,9-11H2,1-2H3,(H,20,21,23)/t14-,15-/m0/s1. The van der Waals surface area contributed by atoms with E-state index in [0.29, 0.717) is 12.1 Å². The first-order valence-electron chi connectivity index (χ1n) is 8.61. The summed E-state index contributed by atoms with van der Waals surface area (Å²) in [4.78, 5) is 22.4. The van der Waals surface area contributed by atoms with E-state index >= 15 is 0 Å². The van der Waals surface area contributed by atoms with Gasteiger partial charge in [0.1, 0.15) is 11.6 Å². The molecule has 126 valence electrons. The molecule has 2 aliphatic heterocycles. The maximum absolute atomic E-state index is 12.3. The molecule has 1 aromatic carbocycles. The van der Waals surface area contributed by atoms with Crippen LogP contribution in [-0.2, 0) is 19.4 Å². The molecule has 0 saturated carbocycles. The normalized spacial score (nSPS) is 22.9. The van der Waals surface area contributed by atoms with Crippen molar-refractivity contribution in [3.05, 3.63) is 57.3 Å². The van der Waals surface area contributed by atoms with E-state index in [2.05, 4.69) is 27.0 Å². The molecule has 0 radical (unpaired) electrons. The first-order chi connectivity index (χ1) is 11.6. The highest BCUT2D eigenvalue weighted by Gasteiger charge is 2.38. The minimum atomic E-state index is 0.0504. The maximum Gasteiger partial charge on any atom is 0.254 e. The van der Waals surface area contributed by atoms with Crippen molar-refractivity contribution in [3.63, 3.8) is 0 Å². The third-order valence-corrected chi connectivity index (χ3v) is 5.38. The zero-order valence-corrected chi connectivity index (χ0v) is 14.2. The number of benzene rings is 1. The number of aromatic nitrogens is 2. The van der Waals surface area contributed by atoms with Crippen LogP contribution in [0.2, 0.25) is 0 Å². The van der Waals surface area contributed by atoms with E-state index in [1.807, 2.05) is 19.1 Å². The van der Waals surface area contributed by atoms with Crippen molar-refractivity contribution >= 4 is 0 Å². The Labute approximate surface area is 141 Å². The Hall–Kier alpha value is -2.14. The van der Waals surface area contributed by atoms with Gasteiger partial charge in [0.05, 0.1) is 12.8 Å². The fourth-order valence-electron chi connectivity index (χ4n) is 4.16. The van der Waals surface area contributed by atoms with E-state index in [1.165, 1.54) is 12.0 Å². The predicted octanol–water partition coefficient (Wildman–Crippen LogP) is 2.22. The second-order valence-corrected chi connectivity index (χ2v) is 6.89. The molecule has 1 N–H and O–H groups in total. The third-order valence-electron chi connectivity index (χ3n) is 5.38. The van der Waals surface area contributed by atoms with Gasteiger partial charge in [0.15, 0.2) is 0 Å². The number of methoxy groups -OCH3 is 1. The minimum absolute atomic E-state index is 0.0504. The van der Waals surface area contributed by atoms with Crippen molar-refractivity contribution in [1.29, 1.82) is 0 Å². The number of aromatic amines is 1. The smallest absolute Gasteiger partial charge is 0.254 e. The highest BCUT2D eigenvalue weighted by Crippen LogP contribution is 2.33. The number of nitrogens with one attached hydrogen (secondary N) is 1. The van der Waals surface area contributed by atoms with Crippen molar-refractivity contribution in [1.82, 2.24) is 14.9 Å². The summed E-state index contributed by atoms with van der Waals surface area (Å²) in [5.74, 6) is 1.61. The van der Waals surface area contributed by atoms with Gasteiger partial charge in [-0.1, -0.05) is 12.1 Å². The van der Waals surface area contributed by atoms with Crippen LogP contribution in [0.1, 0.15) is 35.5 Å². The summed E-state index contributed by atoms with van der Waals surface area (Å²) in [6.45, 7) is 2.78. The summed E-state index contributed by atoms with van der Waals surface area (Å²) in [5.41, 5.74) is 3.24. The second kappa shape index (κ2) is 6.06. The van der Waals surface area contributed by atoms with Gasteiger partial charge in [-0.05, 0) is 43.9 Å². The predicted molar refractivity (Wildman–Crippen MR) is 92.3 cm³/mol. The fraction of sp³-hybridized carbons (Fsp3) is 0.474. The number of ether oxygens (including phenoxy) is 1. The van der Waals surface area contributed by atoms with Gasteiger partial charge in [-0.25, -0.2) is 4.98 Å². The molecule has 2 aromatic rings. The van der Waals surface area contributed by atoms with E-state index in [0.717, 1.165) is 48.6 Å². The van der Waals surface area contributed by atoms with Crippen LogP contribution in [0.25, 0.3) is 0 Å². The molecule has 3 heterocycles. The van der Waals surface area contributed by atoms with Gasteiger partial charge in [-0.2, -0.15) is 0 Å². The second-order valence-electron chi connectivity index (χ2n) is 6.89. The zero-order valence-electron chi connectivity index (χ0n) is 14.2. The van der Waals surface area contributed by atoms with Crippen molar-refractivity contribution in [2.75, 3.05) is 7.11 Å². The largest absolute Gasteiger partial charge is 0.497 e. The summed E-state index contributed by atoms with van der Waals surface area (Å²) < 4.78 is 5.24. The molecule has 2 bridgehead atoms. The number of hydrogen-bond donors (Lipinski definition) is 1. The van der Waals surface area contributed by atoms with Gasteiger partial charge in [-0.15, -0.1) is 0 Å². The van der Waals surface area contributed by atoms with Gasteiger partial charge >= 0.3 is 0 Å². The molecule has 2 atom stereocenters. The van der Waals surface area contributed by atoms with Crippen LogP contribution >= 0.6 is 0 Å². The van der Waals surface area contributed by atoms with E-state index < -0.39 is 0 Å². The molecule has 1 aromatic heterocycles. The Bertz CT molecular complexity index is 797. The van der Waals surface area contributed by atoms with Crippen LogP contribution in [0.5, 0.6) is 5.75 Å². The highest BCUT2D eigenvalue weighted by atomic mass is 16.5. The first kappa shape index (κ1) is 15.4. The number of hydrogen-bond acceptors (Lipinski definition) is 4. The van der Waals surface area contributed by atoms with Crippen LogP contribution in [0.15, 0.2) is 29.1 Å². The van der Waals surface area contributed by atoms with Crippen LogP contribution in [-0.4, -0.2) is 34.1 Å². The van der Waals surface area contributed by atoms with Crippen LogP contribution in [0.3, 0.4) is 0 Å². The molecule has 24 heavy (non-hydrogen) atoms. The fourth-order valence-corrected chi connectivity index (χ4v) is 4.16. The van der Waals surface area contributed by atoms with Crippen molar-refractivity contribution < 1.29 is 4.74 Å². The number of H-pyrrole nitrogens is 1. The van der Waals surface area contributed by atoms with Crippen LogP contribution in [0, 0.1) is 6.92 Å². The lowest BCUT2D eigenvalue weighted by Gasteiger charge is -2.27. The number of aryl methyl sites for hydroxylation is 1. The zero-order chi connectivity index (χ0) is 16.7. The molecule has 0 aliphatic carbocycles. The van der Waals surface area contributed by atoms with E-state index in [-0.39, 0.29) is 5.56 Å². The summed E-state index contributed by atoms with van der Waals surface area (Å²) in [5, 5.41) is 0. The first-order valence-corrected chi connectivity index (χ1v) is 8.61. The number of fused-ring (bicyclic) bond motifs is 3. The summed E-state index contributed by atoms with van der Waals surface area (Å²) in [6, 6.07) is 9.20. The average Bonchev–Trinajstić information content (AvgIpc) is 2.84. The van der Waals surface area contributed by atoms with Gasteiger partial charge in [0.25, 0.3) is 5.56 Å². The molecule has 1 saturated heterocycles. The molecule has 0 unspecified atom stereocenters. The molecule has 0 amide bonds. The highest BCUT2D eigenvalue weighted by molar-refractivity contribution is 5.28. The quantitative estimate of drug-likeness (QED) is 0.940. The van der Waals surface area contributed by atoms with E-state index in [4.69, 9.17) is 4.74 Å². The Kier molecular flexibility index (Phi) is 3.88. The summed E-state index contributed by atoms with van der Waals surface area (Å²) in [6.07, 6.45) is 4.04. The number of nitrogens with zero attached hydrogens (tertiary/aromatic N) is 2. The molecule has 5 nitrogen and oxygen atoms in total. The van der Waals surface area contributed by atoms with E-state index in [9.17, 15) is 4.79 Å². The topological polar surface area (TPSA) is 58.2 Å². The SMILES string of the molecule is COc1ccc(CN2[C@H]3CC[C@H]2Cc2c(nc(C)[nH]c2=O)C3)cc1. The summed E-state index contributed by atoms with van der Waals surface area (Å²) >= 11 is 0. The Balaban J connectivity index is 1.60. The molecular weight excluding hydrogens is 302 g/mol. The van der Waals surface area contributed by atoms with E-state index in [1.54, 1.807) is 7.11 Å². The molecule has 1 fully saturated rings. The van der Waals surface area contributed by atoms with Crippen LogP contribution in [0.4, 0.5) is 0 Å². The van der Waals surface area contributed by atoms with Crippen molar-refractivity contribution in [2.24, 2.45) is 0 Å². The molecule has 0 spiro atoms. The minimum Gasteiger partial charge on any atom is -0.497 e. The molecule has 4 rings (SSSR count). The Morgan fingerprint density at radius 3 is 2.62 bits per heavy atom. The molecular formula is C19H23N3O2. The van der Waals surface area contributed by atoms with Gasteiger partial charge in [0, 0.05) is 30.6 Å². The third kappa shape index (κ3) is 2.73. The van der Waals surface area contributed by atoms with Crippen LogP contribution < -0.4 is 10.3 Å². The maximum atomic E-state index is 12.3. The van der Waals surface area contributed by atoms with Gasteiger partial charge in [-0.3, -0.25) is 9.69 Å². The Morgan fingerprint density at radius 1 is 1.21 bits per heavy atom. The summed E-state index contributed by atoms with van der Waals surface area (Å²) in [7, 11) is 1.69. The van der Waals surface area contributed by atoms with Gasteiger partial charge in [0.2, 0.25) is 0 Å².